The molecule has 158 valence electrons. The molecule has 0 radical (unpaired) electrons. The summed E-state index contributed by atoms with van der Waals surface area (Å²) in [5.41, 5.74) is 0.928. The molecule has 1 heterocycles. The maximum absolute atomic E-state index is 14.8. The molecule has 2 aromatic rings. The van der Waals surface area contributed by atoms with Crippen molar-refractivity contribution in [1.29, 1.82) is 0 Å². The van der Waals surface area contributed by atoms with Gasteiger partial charge in [-0.1, -0.05) is 58.5 Å². The molecule has 3 rings (SSSR count). The largest absolute Gasteiger partial charge is 0.333 e. The molecule has 1 unspecified atom stereocenters. The molecule has 10 heteroatoms. The number of hydrogen-bond acceptors (Lipinski definition) is 3. The van der Waals surface area contributed by atoms with Crippen LogP contribution in [0.1, 0.15) is 23.7 Å². The topological polar surface area (TPSA) is 57.7 Å². The van der Waals surface area contributed by atoms with Gasteiger partial charge in [0.05, 0.1) is 26.6 Å². The zero-order valence-electron chi connectivity index (χ0n) is 15.4. The standard InChI is InChI=1S/C20H15Cl4FN2O3/c21-13-3-1-11(7-15(13)23)5-6-26-18(28)9-19(29)27(20(26)30)10-17(25)12-2-4-14(22)16(24)8-12/h1-4,7-8,17H,5-6,9-10H2. The Morgan fingerprint density at radius 3 is 2.07 bits per heavy atom. The molecule has 4 amide bonds. The lowest BCUT2D eigenvalue weighted by Crippen LogP contribution is -2.56. The predicted molar refractivity (Wildman–Crippen MR) is 114 cm³/mol. The first-order valence-electron chi connectivity index (χ1n) is 8.85. The van der Waals surface area contributed by atoms with Gasteiger partial charge >= 0.3 is 6.03 Å². The number of carbonyl (C=O) groups excluding carboxylic acids is 3. The van der Waals surface area contributed by atoms with Gasteiger partial charge in [0.25, 0.3) is 0 Å². The summed E-state index contributed by atoms with van der Waals surface area (Å²) in [4.78, 5) is 38.8. The Balaban J connectivity index is 1.71. The van der Waals surface area contributed by atoms with E-state index in [0.29, 0.717) is 16.5 Å². The summed E-state index contributed by atoms with van der Waals surface area (Å²) >= 11 is 23.6. The smallest absolute Gasteiger partial charge is 0.274 e. The maximum Gasteiger partial charge on any atom is 0.333 e. The van der Waals surface area contributed by atoms with Crippen molar-refractivity contribution in [2.75, 3.05) is 13.1 Å². The Labute approximate surface area is 192 Å². The third kappa shape index (κ3) is 5.06. The lowest BCUT2D eigenvalue weighted by Gasteiger charge is -2.33. The van der Waals surface area contributed by atoms with Crippen molar-refractivity contribution in [2.24, 2.45) is 0 Å². The molecule has 0 N–H and O–H groups in total. The number of benzene rings is 2. The summed E-state index contributed by atoms with van der Waals surface area (Å²) in [7, 11) is 0. The SMILES string of the molecule is O=C1CC(=O)N(CC(F)c2ccc(Cl)c(Cl)c2)C(=O)N1CCc1ccc(Cl)c(Cl)c1. The number of hydrogen-bond donors (Lipinski definition) is 0. The van der Waals surface area contributed by atoms with Gasteiger partial charge in [0, 0.05) is 6.54 Å². The van der Waals surface area contributed by atoms with E-state index in [-0.39, 0.29) is 22.2 Å². The molecular formula is C20H15Cl4FN2O3. The van der Waals surface area contributed by atoms with Crippen molar-refractivity contribution in [2.45, 2.75) is 19.0 Å². The highest BCUT2D eigenvalue weighted by atomic mass is 35.5. The van der Waals surface area contributed by atoms with Crippen LogP contribution in [-0.4, -0.2) is 40.7 Å². The summed E-state index contributed by atoms with van der Waals surface area (Å²) < 4.78 is 14.8. The Kier molecular flexibility index (Phi) is 7.24. The second kappa shape index (κ2) is 9.52. The minimum absolute atomic E-state index is 0.0170. The number of carbonyl (C=O) groups is 3. The summed E-state index contributed by atoms with van der Waals surface area (Å²) in [5, 5.41) is 1.16. The fraction of sp³-hybridized carbons (Fsp3) is 0.250. The summed E-state index contributed by atoms with van der Waals surface area (Å²) in [5.74, 6) is -1.38. The molecule has 5 nitrogen and oxygen atoms in total. The number of urea groups is 1. The zero-order valence-corrected chi connectivity index (χ0v) is 18.4. The van der Waals surface area contributed by atoms with Gasteiger partial charge in [0.15, 0.2) is 0 Å². The Bertz CT molecular complexity index is 1020. The third-order valence-electron chi connectivity index (χ3n) is 4.62. The number of nitrogens with zero attached hydrogens (tertiary/aromatic N) is 2. The van der Waals surface area contributed by atoms with Crippen LogP contribution in [0.3, 0.4) is 0 Å². The van der Waals surface area contributed by atoms with E-state index < -0.39 is 37.0 Å². The highest BCUT2D eigenvalue weighted by molar-refractivity contribution is 6.42. The number of rotatable bonds is 6. The maximum atomic E-state index is 14.8. The molecule has 1 fully saturated rings. The van der Waals surface area contributed by atoms with Crippen LogP contribution in [-0.2, 0) is 16.0 Å². The van der Waals surface area contributed by atoms with Crippen LogP contribution in [0.5, 0.6) is 0 Å². The minimum atomic E-state index is -1.68. The van der Waals surface area contributed by atoms with Gasteiger partial charge in [-0.05, 0) is 41.8 Å². The fourth-order valence-corrected chi connectivity index (χ4v) is 3.62. The number of alkyl halides is 1. The molecular weight excluding hydrogens is 477 g/mol. The van der Waals surface area contributed by atoms with Gasteiger partial charge in [-0.2, -0.15) is 0 Å². The van der Waals surface area contributed by atoms with Crippen LogP contribution in [0.15, 0.2) is 36.4 Å². The zero-order chi connectivity index (χ0) is 22.0. The third-order valence-corrected chi connectivity index (χ3v) is 6.10. The van der Waals surface area contributed by atoms with Crippen LogP contribution in [0.25, 0.3) is 0 Å². The van der Waals surface area contributed by atoms with E-state index in [9.17, 15) is 18.8 Å². The Morgan fingerprint density at radius 2 is 1.43 bits per heavy atom. The van der Waals surface area contributed by atoms with Crippen molar-refractivity contribution in [1.82, 2.24) is 9.80 Å². The van der Waals surface area contributed by atoms with E-state index in [4.69, 9.17) is 46.4 Å². The minimum Gasteiger partial charge on any atom is -0.274 e. The number of amides is 4. The fourth-order valence-electron chi connectivity index (χ4n) is 2.99. The molecule has 30 heavy (non-hydrogen) atoms. The lowest BCUT2D eigenvalue weighted by molar-refractivity contribution is -0.143. The van der Waals surface area contributed by atoms with Gasteiger partial charge < -0.3 is 0 Å². The van der Waals surface area contributed by atoms with Crippen LogP contribution < -0.4 is 0 Å². The summed E-state index contributed by atoms with van der Waals surface area (Å²) in [6, 6.07) is 8.29. The normalized spacial score (nSPS) is 15.7. The van der Waals surface area contributed by atoms with E-state index in [1.165, 1.54) is 18.2 Å². The van der Waals surface area contributed by atoms with Gasteiger partial charge in [0.1, 0.15) is 12.6 Å². The van der Waals surface area contributed by atoms with Crippen LogP contribution in [0.2, 0.25) is 20.1 Å². The van der Waals surface area contributed by atoms with E-state index >= 15 is 0 Å². The second-order valence-corrected chi connectivity index (χ2v) is 8.28. The van der Waals surface area contributed by atoms with Crippen LogP contribution in [0, 0.1) is 0 Å². The van der Waals surface area contributed by atoms with Crippen molar-refractivity contribution in [3.8, 4) is 0 Å². The molecule has 2 aromatic carbocycles. The second-order valence-electron chi connectivity index (χ2n) is 6.65. The molecule has 1 aliphatic rings. The summed E-state index contributed by atoms with van der Waals surface area (Å²) in [6.07, 6.45) is -1.89. The first-order valence-corrected chi connectivity index (χ1v) is 10.4. The average molecular weight is 492 g/mol. The lowest BCUT2D eigenvalue weighted by atomic mass is 10.1. The predicted octanol–water partition coefficient (Wildman–Crippen LogP) is 5.73. The first-order chi connectivity index (χ1) is 14.2. The average Bonchev–Trinajstić information content (AvgIpc) is 2.69. The van der Waals surface area contributed by atoms with E-state index in [0.717, 1.165) is 15.4 Å². The van der Waals surface area contributed by atoms with Crippen molar-refractivity contribution < 1.29 is 18.8 Å². The molecule has 0 saturated carbocycles. The molecule has 0 aliphatic carbocycles. The van der Waals surface area contributed by atoms with Gasteiger partial charge in [-0.3, -0.25) is 19.4 Å². The molecule has 1 aliphatic heterocycles. The van der Waals surface area contributed by atoms with E-state index in [2.05, 4.69) is 0 Å². The van der Waals surface area contributed by atoms with E-state index in [1.54, 1.807) is 18.2 Å². The quantitative estimate of drug-likeness (QED) is 0.484. The summed E-state index contributed by atoms with van der Waals surface area (Å²) in [6.45, 7) is -0.519. The first kappa shape index (κ1) is 22.8. The number of imide groups is 2. The molecule has 0 spiro atoms. The van der Waals surface area contributed by atoms with Crippen molar-refractivity contribution in [3.63, 3.8) is 0 Å². The van der Waals surface area contributed by atoms with Crippen molar-refractivity contribution >= 4 is 64.2 Å². The number of halogens is 5. The molecule has 1 atom stereocenters. The van der Waals surface area contributed by atoms with E-state index in [1.807, 2.05) is 0 Å². The monoisotopic (exact) mass is 490 g/mol. The molecule has 0 aromatic heterocycles. The van der Waals surface area contributed by atoms with Gasteiger partial charge in [-0.15, -0.1) is 0 Å². The Hall–Kier alpha value is -1.86. The van der Waals surface area contributed by atoms with Crippen LogP contribution >= 0.6 is 46.4 Å². The van der Waals surface area contributed by atoms with Gasteiger partial charge in [0.2, 0.25) is 11.8 Å². The highest BCUT2D eigenvalue weighted by Crippen LogP contribution is 2.29. The van der Waals surface area contributed by atoms with Crippen molar-refractivity contribution in [3.05, 3.63) is 67.6 Å². The molecule has 0 bridgehead atoms. The number of barbiturate groups is 1. The van der Waals surface area contributed by atoms with Crippen LogP contribution in [0.4, 0.5) is 9.18 Å². The Morgan fingerprint density at radius 1 is 0.833 bits per heavy atom. The van der Waals surface area contributed by atoms with Gasteiger partial charge in [-0.25, -0.2) is 9.18 Å². The highest BCUT2D eigenvalue weighted by Gasteiger charge is 2.38. The molecule has 1 saturated heterocycles.